The molecule has 0 saturated heterocycles. The third-order valence-electron chi connectivity index (χ3n) is 3.22. The Labute approximate surface area is 115 Å². The standard InChI is InChI=1S/C15H22N2O2/c1-5-13(8-9-16)17-11(2)12-6-7-14(18-3)15(10-12)19-4/h6-7,10-11,13,17H,5,8H2,1-4H3. The van der Waals surface area contributed by atoms with Gasteiger partial charge in [-0.25, -0.2) is 0 Å². The van der Waals surface area contributed by atoms with Crippen LogP contribution in [0.3, 0.4) is 0 Å². The first-order valence-corrected chi connectivity index (χ1v) is 6.51. The molecule has 0 saturated carbocycles. The van der Waals surface area contributed by atoms with E-state index >= 15 is 0 Å². The number of rotatable bonds is 7. The molecule has 1 N–H and O–H groups in total. The van der Waals surface area contributed by atoms with Crippen LogP contribution in [0, 0.1) is 11.3 Å². The predicted octanol–water partition coefficient (Wildman–Crippen LogP) is 3.05. The molecule has 4 heteroatoms. The molecular weight excluding hydrogens is 240 g/mol. The van der Waals surface area contributed by atoms with Gasteiger partial charge in [0.25, 0.3) is 0 Å². The molecule has 104 valence electrons. The number of hydrogen-bond donors (Lipinski definition) is 1. The van der Waals surface area contributed by atoms with Crippen LogP contribution in [0.25, 0.3) is 0 Å². The highest BCUT2D eigenvalue weighted by Gasteiger charge is 2.13. The van der Waals surface area contributed by atoms with E-state index in [4.69, 9.17) is 14.7 Å². The summed E-state index contributed by atoms with van der Waals surface area (Å²) in [6.45, 7) is 4.16. The number of nitrogens with one attached hydrogen (secondary N) is 1. The van der Waals surface area contributed by atoms with Crippen molar-refractivity contribution < 1.29 is 9.47 Å². The first kappa shape index (κ1) is 15.3. The first-order valence-electron chi connectivity index (χ1n) is 6.51. The maximum absolute atomic E-state index is 8.78. The molecule has 0 bridgehead atoms. The van der Waals surface area contributed by atoms with Gasteiger partial charge in [-0.3, -0.25) is 0 Å². The molecule has 0 aliphatic heterocycles. The Hall–Kier alpha value is -1.73. The van der Waals surface area contributed by atoms with Crippen molar-refractivity contribution in [1.29, 1.82) is 5.26 Å². The Bertz CT molecular complexity index is 440. The SMILES string of the molecule is CCC(CC#N)NC(C)c1ccc(OC)c(OC)c1. The Kier molecular flexibility index (Phi) is 6.17. The van der Waals surface area contributed by atoms with Crippen molar-refractivity contribution in [3.63, 3.8) is 0 Å². The lowest BCUT2D eigenvalue weighted by molar-refractivity contribution is 0.353. The van der Waals surface area contributed by atoms with E-state index < -0.39 is 0 Å². The summed E-state index contributed by atoms with van der Waals surface area (Å²) in [5.41, 5.74) is 1.12. The number of nitrogens with zero attached hydrogens (tertiary/aromatic N) is 1. The van der Waals surface area contributed by atoms with E-state index in [1.165, 1.54) is 0 Å². The second-order valence-electron chi connectivity index (χ2n) is 4.47. The van der Waals surface area contributed by atoms with Gasteiger partial charge in [-0.2, -0.15) is 5.26 Å². The molecule has 0 fully saturated rings. The van der Waals surface area contributed by atoms with E-state index in [0.29, 0.717) is 6.42 Å². The fourth-order valence-electron chi connectivity index (χ4n) is 2.00. The van der Waals surface area contributed by atoms with E-state index in [9.17, 15) is 0 Å². The monoisotopic (exact) mass is 262 g/mol. The summed E-state index contributed by atoms with van der Waals surface area (Å²) in [4.78, 5) is 0. The molecule has 0 radical (unpaired) electrons. The van der Waals surface area contributed by atoms with Crippen LogP contribution in [-0.2, 0) is 0 Å². The minimum Gasteiger partial charge on any atom is -0.493 e. The second kappa shape index (κ2) is 7.65. The van der Waals surface area contributed by atoms with Gasteiger partial charge in [-0.05, 0) is 31.0 Å². The van der Waals surface area contributed by atoms with Crippen LogP contribution < -0.4 is 14.8 Å². The zero-order valence-electron chi connectivity index (χ0n) is 12.1. The smallest absolute Gasteiger partial charge is 0.161 e. The van der Waals surface area contributed by atoms with Gasteiger partial charge in [0.05, 0.1) is 26.7 Å². The van der Waals surface area contributed by atoms with E-state index in [0.717, 1.165) is 23.5 Å². The molecular formula is C15H22N2O2. The first-order chi connectivity index (χ1) is 9.15. The summed E-state index contributed by atoms with van der Waals surface area (Å²) in [6.07, 6.45) is 1.46. The summed E-state index contributed by atoms with van der Waals surface area (Å²) in [6, 6.07) is 8.47. The van der Waals surface area contributed by atoms with Crippen LogP contribution in [0.4, 0.5) is 0 Å². The predicted molar refractivity (Wildman–Crippen MR) is 75.4 cm³/mol. The molecule has 1 rings (SSSR count). The third kappa shape index (κ3) is 4.15. The van der Waals surface area contributed by atoms with Crippen LogP contribution in [0.1, 0.15) is 38.3 Å². The number of methoxy groups -OCH3 is 2. The summed E-state index contributed by atoms with van der Waals surface area (Å²) in [7, 11) is 3.25. The molecule has 2 atom stereocenters. The lowest BCUT2D eigenvalue weighted by Crippen LogP contribution is -2.30. The molecule has 0 aliphatic rings. The highest BCUT2D eigenvalue weighted by Crippen LogP contribution is 2.30. The molecule has 0 amide bonds. The number of nitriles is 1. The molecule has 19 heavy (non-hydrogen) atoms. The van der Waals surface area contributed by atoms with Crippen molar-refractivity contribution >= 4 is 0 Å². The maximum atomic E-state index is 8.78. The molecule has 0 spiro atoms. The molecule has 0 aromatic heterocycles. The Morgan fingerprint density at radius 1 is 1.26 bits per heavy atom. The van der Waals surface area contributed by atoms with E-state index in [-0.39, 0.29) is 12.1 Å². The van der Waals surface area contributed by atoms with Crippen LogP contribution in [0.15, 0.2) is 18.2 Å². The maximum Gasteiger partial charge on any atom is 0.161 e. The van der Waals surface area contributed by atoms with Crippen molar-refractivity contribution in [3.8, 4) is 17.6 Å². The van der Waals surface area contributed by atoms with Gasteiger partial charge < -0.3 is 14.8 Å². The van der Waals surface area contributed by atoms with Gasteiger partial charge in [0.2, 0.25) is 0 Å². The number of hydrogen-bond acceptors (Lipinski definition) is 4. The minimum absolute atomic E-state index is 0.165. The van der Waals surface area contributed by atoms with Gasteiger partial charge in [0, 0.05) is 12.1 Å². The fraction of sp³-hybridized carbons (Fsp3) is 0.533. The number of benzene rings is 1. The number of ether oxygens (including phenoxy) is 2. The van der Waals surface area contributed by atoms with Gasteiger partial charge >= 0.3 is 0 Å². The van der Waals surface area contributed by atoms with Crippen LogP contribution in [-0.4, -0.2) is 20.3 Å². The van der Waals surface area contributed by atoms with Crippen molar-refractivity contribution in [3.05, 3.63) is 23.8 Å². The second-order valence-corrected chi connectivity index (χ2v) is 4.47. The summed E-state index contributed by atoms with van der Waals surface area (Å²) < 4.78 is 10.5. The Balaban J connectivity index is 2.82. The Morgan fingerprint density at radius 3 is 2.47 bits per heavy atom. The lowest BCUT2D eigenvalue weighted by Gasteiger charge is -2.21. The molecule has 1 aromatic rings. The van der Waals surface area contributed by atoms with Gasteiger partial charge in [0.1, 0.15) is 0 Å². The quantitative estimate of drug-likeness (QED) is 0.820. The third-order valence-corrected chi connectivity index (χ3v) is 3.22. The summed E-state index contributed by atoms with van der Waals surface area (Å²) >= 11 is 0. The van der Waals surface area contributed by atoms with Crippen molar-refractivity contribution in [2.75, 3.05) is 14.2 Å². The fourth-order valence-corrected chi connectivity index (χ4v) is 2.00. The summed E-state index contributed by atoms with van der Waals surface area (Å²) in [5.74, 6) is 1.45. The van der Waals surface area contributed by atoms with Gasteiger partial charge in [0.15, 0.2) is 11.5 Å². The molecule has 2 unspecified atom stereocenters. The average molecular weight is 262 g/mol. The largest absolute Gasteiger partial charge is 0.493 e. The normalized spacial score (nSPS) is 13.4. The highest BCUT2D eigenvalue weighted by atomic mass is 16.5. The molecule has 0 aliphatic carbocycles. The van der Waals surface area contributed by atoms with Crippen LogP contribution >= 0.6 is 0 Å². The van der Waals surface area contributed by atoms with Crippen LogP contribution in [0.5, 0.6) is 11.5 Å². The lowest BCUT2D eigenvalue weighted by atomic mass is 10.0. The zero-order valence-corrected chi connectivity index (χ0v) is 12.1. The van der Waals surface area contributed by atoms with Crippen molar-refractivity contribution in [1.82, 2.24) is 5.32 Å². The van der Waals surface area contributed by atoms with E-state index in [1.807, 2.05) is 18.2 Å². The summed E-state index contributed by atoms with van der Waals surface area (Å²) in [5, 5.41) is 12.2. The Morgan fingerprint density at radius 2 is 1.95 bits per heavy atom. The van der Waals surface area contributed by atoms with Crippen molar-refractivity contribution in [2.24, 2.45) is 0 Å². The molecule has 0 heterocycles. The highest BCUT2D eigenvalue weighted by molar-refractivity contribution is 5.43. The van der Waals surface area contributed by atoms with E-state index in [1.54, 1.807) is 14.2 Å². The van der Waals surface area contributed by atoms with Crippen molar-refractivity contribution in [2.45, 2.75) is 38.8 Å². The van der Waals surface area contributed by atoms with Crippen LogP contribution in [0.2, 0.25) is 0 Å². The molecule has 1 aromatic carbocycles. The zero-order chi connectivity index (χ0) is 14.3. The van der Waals surface area contributed by atoms with Gasteiger partial charge in [-0.1, -0.05) is 13.0 Å². The molecule has 4 nitrogen and oxygen atoms in total. The van der Waals surface area contributed by atoms with Gasteiger partial charge in [-0.15, -0.1) is 0 Å². The average Bonchev–Trinajstić information content (AvgIpc) is 2.45. The minimum atomic E-state index is 0.165. The van der Waals surface area contributed by atoms with E-state index in [2.05, 4.69) is 25.2 Å². The topological polar surface area (TPSA) is 54.3 Å².